The number of aromatic nitrogens is 2. The zero-order valence-corrected chi connectivity index (χ0v) is 17.7. The summed E-state index contributed by atoms with van der Waals surface area (Å²) in [4.78, 5) is 15.5. The maximum atomic E-state index is 5.32. The smallest absolute Gasteiger partial charge is 0.158 e. The van der Waals surface area contributed by atoms with Gasteiger partial charge in [0.15, 0.2) is 5.82 Å². The molecule has 28 heavy (non-hydrogen) atoms. The molecule has 0 saturated carbocycles. The molecule has 1 saturated heterocycles. The van der Waals surface area contributed by atoms with Crippen LogP contribution < -0.4 is 4.90 Å². The van der Waals surface area contributed by atoms with E-state index in [0.29, 0.717) is 12.5 Å². The highest BCUT2D eigenvalue weighted by Crippen LogP contribution is 2.38. The van der Waals surface area contributed by atoms with Crippen LogP contribution in [0.25, 0.3) is 21.3 Å². The molecule has 148 valence electrons. The van der Waals surface area contributed by atoms with Crippen molar-refractivity contribution in [1.82, 2.24) is 14.9 Å². The summed E-state index contributed by atoms with van der Waals surface area (Å²) in [5, 5.41) is 3.37. The summed E-state index contributed by atoms with van der Waals surface area (Å²) in [6, 6.07) is 10.5. The first-order valence-corrected chi connectivity index (χ1v) is 10.8. The van der Waals surface area contributed by atoms with Crippen molar-refractivity contribution in [1.29, 1.82) is 0 Å². The van der Waals surface area contributed by atoms with Gasteiger partial charge in [-0.1, -0.05) is 30.3 Å². The SMILES string of the molecule is COCc1nc(N(C)CC2CCN(C)CC2)c2c(-c3ccccc3)csc2n1. The van der Waals surface area contributed by atoms with Gasteiger partial charge in [-0.3, -0.25) is 0 Å². The lowest BCUT2D eigenvalue weighted by Crippen LogP contribution is -2.36. The molecule has 1 aliphatic rings. The van der Waals surface area contributed by atoms with E-state index in [1.54, 1.807) is 18.4 Å². The van der Waals surface area contributed by atoms with Gasteiger partial charge in [0.1, 0.15) is 17.3 Å². The number of anilines is 1. The second kappa shape index (κ2) is 8.55. The number of fused-ring (bicyclic) bond motifs is 1. The van der Waals surface area contributed by atoms with Crippen LogP contribution in [0.3, 0.4) is 0 Å². The lowest BCUT2D eigenvalue weighted by Gasteiger charge is -2.32. The van der Waals surface area contributed by atoms with Crippen molar-refractivity contribution in [3.8, 4) is 11.1 Å². The van der Waals surface area contributed by atoms with Crippen LogP contribution >= 0.6 is 11.3 Å². The Labute approximate surface area is 171 Å². The molecule has 0 bridgehead atoms. The molecule has 0 radical (unpaired) electrons. The molecule has 3 aromatic rings. The van der Waals surface area contributed by atoms with Crippen LogP contribution in [0, 0.1) is 5.92 Å². The van der Waals surface area contributed by atoms with E-state index in [1.807, 2.05) is 0 Å². The normalized spacial score (nSPS) is 16.0. The van der Waals surface area contributed by atoms with Crippen LogP contribution in [-0.4, -0.2) is 55.7 Å². The average molecular weight is 397 g/mol. The molecule has 0 N–H and O–H groups in total. The van der Waals surface area contributed by atoms with E-state index in [9.17, 15) is 0 Å². The lowest BCUT2D eigenvalue weighted by molar-refractivity contribution is 0.178. The third-order valence-electron chi connectivity index (χ3n) is 5.55. The molecule has 5 nitrogen and oxygen atoms in total. The number of thiophene rings is 1. The highest BCUT2D eigenvalue weighted by atomic mass is 32.1. The van der Waals surface area contributed by atoms with Crippen molar-refractivity contribution < 1.29 is 4.74 Å². The first kappa shape index (κ1) is 19.3. The molecule has 0 aliphatic carbocycles. The Morgan fingerprint density at radius 3 is 2.64 bits per heavy atom. The first-order valence-electron chi connectivity index (χ1n) is 9.88. The Bertz CT molecular complexity index is 919. The highest BCUT2D eigenvalue weighted by Gasteiger charge is 2.22. The molecular weight excluding hydrogens is 368 g/mol. The molecule has 4 rings (SSSR count). The van der Waals surface area contributed by atoms with E-state index in [2.05, 4.69) is 59.6 Å². The average Bonchev–Trinajstić information content (AvgIpc) is 3.14. The molecule has 0 atom stereocenters. The number of ether oxygens (including phenoxy) is 1. The minimum Gasteiger partial charge on any atom is -0.377 e. The van der Waals surface area contributed by atoms with Crippen molar-refractivity contribution in [2.75, 3.05) is 45.7 Å². The van der Waals surface area contributed by atoms with Gasteiger partial charge in [-0.15, -0.1) is 11.3 Å². The summed E-state index contributed by atoms with van der Waals surface area (Å²) < 4.78 is 5.32. The van der Waals surface area contributed by atoms with Crippen LogP contribution in [-0.2, 0) is 11.3 Å². The molecule has 1 aliphatic heterocycles. The van der Waals surface area contributed by atoms with Gasteiger partial charge < -0.3 is 14.5 Å². The van der Waals surface area contributed by atoms with E-state index < -0.39 is 0 Å². The number of nitrogens with zero attached hydrogens (tertiary/aromatic N) is 4. The molecule has 6 heteroatoms. The third-order valence-corrected chi connectivity index (χ3v) is 6.42. The van der Waals surface area contributed by atoms with Crippen molar-refractivity contribution in [2.24, 2.45) is 5.92 Å². The molecule has 1 fully saturated rings. The van der Waals surface area contributed by atoms with E-state index in [0.717, 1.165) is 28.4 Å². The van der Waals surface area contributed by atoms with Crippen molar-refractivity contribution in [3.63, 3.8) is 0 Å². The summed E-state index contributed by atoms with van der Waals surface area (Å²) in [5.74, 6) is 2.48. The van der Waals surface area contributed by atoms with Gasteiger partial charge >= 0.3 is 0 Å². The molecule has 1 aromatic carbocycles. The number of rotatable bonds is 6. The standard InChI is InChI=1S/C22H28N4OS/c1-25-11-9-16(10-12-25)13-26(2)21-20-18(17-7-5-4-6-8-17)15-28-22(20)24-19(23-21)14-27-3/h4-8,15-16H,9-14H2,1-3H3. The number of piperidine rings is 1. The Morgan fingerprint density at radius 2 is 1.93 bits per heavy atom. The number of benzene rings is 1. The van der Waals surface area contributed by atoms with Crippen LogP contribution in [0.1, 0.15) is 18.7 Å². The first-order chi connectivity index (χ1) is 13.7. The summed E-state index contributed by atoms with van der Waals surface area (Å²) in [5.41, 5.74) is 2.43. The second-order valence-electron chi connectivity index (χ2n) is 7.72. The van der Waals surface area contributed by atoms with Crippen LogP contribution in [0.4, 0.5) is 5.82 Å². The summed E-state index contributed by atoms with van der Waals surface area (Å²) in [6.07, 6.45) is 2.49. The monoisotopic (exact) mass is 396 g/mol. The van der Waals surface area contributed by atoms with Gasteiger partial charge in [-0.05, 0) is 44.5 Å². The second-order valence-corrected chi connectivity index (χ2v) is 8.58. The van der Waals surface area contributed by atoms with E-state index >= 15 is 0 Å². The Morgan fingerprint density at radius 1 is 1.18 bits per heavy atom. The van der Waals surface area contributed by atoms with Crippen molar-refractivity contribution in [2.45, 2.75) is 19.4 Å². The summed E-state index contributed by atoms with van der Waals surface area (Å²) in [7, 11) is 6.07. The zero-order chi connectivity index (χ0) is 19.5. The minimum absolute atomic E-state index is 0.434. The van der Waals surface area contributed by atoms with Crippen LogP contribution in [0.15, 0.2) is 35.7 Å². The van der Waals surface area contributed by atoms with Crippen molar-refractivity contribution >= 4 is 27.4 Å². The Balaban J connectivity index is 1.72. The zero-order valence-electron chi connectivity index (χ0n) is 16.9. The van der Waals surface area contributed by atoms with Gasteiger partial charge in [0.25, 0.3) is 0 Å². The van der Waals surface area contributed by atoms with E-state index in [-0.39, 0.29) is 0 Å². The topological polar surface area (TPSA) is 41.5 Å². The number of hydrogen-bond acceptors (Lipinski definition) is 6. The quantitative estimate of drug-likeness (QED) is 0.622. The molecule has 0 amide bonds. The summed E-state index contributed by atoms with van der Waals surface area (Å²) >= 11 is 1.69. The highest BCUT2D eigenvalue weighted by molar-refractivity contribution is 7.17. The van der Waals surface area contributed by atoms with Gasteiger partial charge in [-0.2, -0.15) is 0 Å². The molecule has 3 heterocycles. The van der Waals surface area contributed by atoms with Crippen LogP contribution in [0.5, 0.6) is 0 Å². The minimum atomic E-state index is 0.434. The van der Waals surface area contributed by atoms with Gasteiger partial charge in [0, 0.05) is 31.6 Å². The maximum absolute atomic E-state index is 5.32. The fraction of sp³-hybridized carbons (Fsp3) is 0.455. The predicted molar refractivity (Wildman–Crippen MR) is 117 cm³/mol. The van der Waals surface area contributed by atoms with Gasteiger partial charge in [0.05, 0.1) is 5.39 Å². The number of hydrogen-bond donors (Lipinski definition) is 0. The lowest BCUT2D eigenvalue weighted by atomic mass is 9.96. The number of likely N-dealkylation sites (tertiary alicyclic amines) is 1. The molecule has 2 aromatic heterocycles. The Hall–Kier alpha value is -2.02. The third kappa shape index (κ3) is 4.04. The number of methoxy groups -OCH3 is 1. The Kier molecular flexibility index (Phi) is 5.90. The fourth-order valence-corrected chi connectivity index (χ4v) is 4.95. The van der Waals surface area contributed by atoms with Crippen LogP contribution in [0.2, 0.25) is 0 Å². The molecule has 0 unspecified atom stereocenters. The molecule has 0 spiro atoms. The maximum Gasteiger partial charge on any atom is 0.158 e. The van der Waals surface area contributed by atoms with Crippen molar-refractivity contribution in [3.05, 3.63) is 41.5 Å². The summed E-state index contributed by atoms with van der Waals surface area (Å²) in [6.45, 7) is 3.82. The van der Waals surface area contributed by atoms with Gasteiger partial charge in [0.2, 0.25) is 0 Å². The predicted octanol–water partition coefficient (Wildman–Crippen LogP) is 4.28. The molecular formula is C22H28N4OS. The van der Waals surface area contributed by atoms with E-state index in [1.165, 1.54) is 37.1 Å². The largest absolute Gasteiger partial charge is 0.377 e. The fourth-order valence-electron chi connectivity index (χ4n) is 3.98. The van der Waals surface area contributed by atoms with Gasteiger partial charge in [-0.25, -0.2) is 9.97 Å². The van der Waals surface area contributed by atoms with E-state index in [4.69, 9.17) is 14.7 Å².